The predicted molar refractivity (Wildman–Crippen MR) is 126 cm³/mol. The molecule has 1 fully saturated rings. The smallest absolute Gasteiger partial charge is 0.417 e. The summed E-state index contributed by atoms with van der Waals surface area (Å²) < 4.78 is 44.8. The lowest BCUT2D eigenvalue weighted by Gasteiger charge is -2.14. The minimum absolute atomic E-state index is 0.0344. The van der Waals surface area contributed by atoms with E-state index in [1.807, 2.05) is 30.3 Å². The minimum atomic E-state index is -4.53. The molecular formula is C25H24F3N5O2. The summed E-state index contributed by atoms with van der Waals surface area (Å²) in [4.78, 5) is 18.0. The molecule has 0 atom stereocenters. The van der Waals surface area contributed by atoms with Crippen LogP contribution in [0.4, 0.5) is 18.0 Å². The highest BCUT2D eigenvalue weighted by Gasteiger charge is 2.33. The van der Waals surface area contributed by atoms with Crippen molar-refractivity contribution in [2.75, 3.05) is 26.2 Å². The molecule has 4 rings (SSSR count). The van der Waals surface area contributed by atoms with Crippen molar-refractivity contribution in [2.45, 2.75) is 12.7 Å². The number of amides is 2. The molecule has 182 valence electrons. The maximum absolute atomic E-state index is 13.0. The van der Waals surface area contributed by atoms with E-state index in [0.717, 1.165) is 29.6 Å². The summed E-state index contributed by atoms with van der Waals surface area (Å²) >= 11 is 0. The van der Waals surface area contributed by atoms with Gasteiger partial charge < -0.3 is 25.7 Å². The third-order valence-corrected chi connectivity index (χ3v) is 5.49. The summed E-state index contributed by atoms with van der Waals surface area (Å²) in [5.74, 6) is 0.662. The number of aromatic nitrogens is 1. The van der Waals surface area contributed by atoms with E-state index < -0.39 is 11.7 Å². The van der Waals surface area contributed by atoms with Crippen LogP contribution >= 0.6 is 0 Å². The van der Waals surface area contributed by atoms with Gasteiger partial charge in [-0.15, -0.1) is 0 Å². The topological polar surface area (TPSA) is 90.3 Å². The summed E-state index contributed by atoms with van der Waals surface area (Å²) in [5, 5.41) is 13.3. The van der Waals surface area contributed by atoms with Crippen molar-refractivity contribution < 1.29 is 22.7 Å². The molecule has 0 bridgehead atoms. The SMILES string of the molecule is N=Cc1cc(Oc2ccc(-c3cccc(CNCCN4CCNC4=O)n3)cc2)ccc1C(F)(F)F. The van der Waals surface area contributed by atoms with Crippen molar-refractivity contribution in [1.82, 2.24) is 20.5 Å². The fourth-order valence-corrected chi connectivity index (χ4v) is 3.71. The van der Waals surface area contributed by atoms with Gasteiger partial charge in [0.2, 0.25) is 0 Å². The Kier molecular flexibility index (Phi) is 7.31. The number of nitrogens with zero attached hydrogens (tertiary/aromatic N) is 2. The second-order valence-electron chi connectivity index (χ2n) is 7.93. The molecule has 2 heterocycles. The van der Waals surface area contributed by atoms with Gasteiger partial charge in [0.05, 0.1) is 17.0 Å². The number of hydrogen-bond acceptors (Lipinski definition) is 5. The first-order valence-electron chi connectivity index (χ1n) is 11.0. The Morgan fingerprint density at radius 2 is 1.89 bits per heavy atom. The van der Waals surface area contributed by atoms with E-state index in [1.54, 1.807) is 17.0 Å². The second kappa shape index (κ2) is 10.6. The molecule has 10 heteroatoms. The number of alkyl halides is 3. The Balaban J connectivity index is 1.36. The summed E-state index contributed by atoms with van der Waals surface area (Å²) in [6.07, 6.45) is -3.87. The van der Waals surface area contributed by atoms with Crippen LogP contribution in [0.25, 0.3) is 11.3 Å². The van der Waals surface area contributed by atoms with Crippen LogP contribution in [0.3, 0.4) is 0 Å². The molecule has 1 aromatic heterocycles. The first-order chi connectivity index (χ1) is 16.8. The van der Waals surface area contributed by atoms with Crippen LogP contribution in [-0.4, -0.2) is 48.3 Å². The van der Waals surface area contributed by atoms with Gasteiger partial charge in [-0.05, 0) is 54.6 Å². The molecule has 0 saturated carbocycles. The highest BCUT2D eigenvalue weighted by Crippen LogP contribution is 2.34. The average molecular weight is 483 g/mol. The number of nitrogens with one attached hydrogen (secondary N) is 3. The quantitative estimate of drug-likeness (QED) is 0.305. The number of pyridine rings is 1. The van der Waals surface area contributed by atoms with Crippen LogP contribution in [-0.2, 0) is 12.7 Å². The zero-order valence-electron chi connectivity index (χ0n) is 18.7. The molecule has 1 saturated heterocycles. The van der Waals surface area contributed by atoms with Gasteiger partial charge in [0.25, 0.3) is 0 Å². The van der Waals surface area contributed by atoms with E-state index in [0.29, 0.717) is 38.1 Å². The fraction of sp³-hybridized carbons (Fsp3) is 0.240. The monoisotopic (exact) mass is 483 g/mol. The van der Waals surface area contributed by atoms with Crippen LogP contribution in [0.15, 0.2) is 60.7 Å². The van der Waals surface area contributed by atoms with Gasteiger partial charge >= 0.3 is 12.2 Å². The standard InChI is InChI=1S/C25H24F3N5O2/c26-25(27,28)22-9-8-21(14-18(22)15-29)35-20-6-4-17(5-7-20)23-3-1-2-19(32-23)16-30-10-12-33-13-11-31-24(33)34/h1-9,14-15,29-30H,10-13,16H2,(H,31,34). The molecule has 2 amide bonds. The normalized spacial score (nSPS) is 13.6. The largest absolute Gasteiger partial charge is 0.457 e. The second-order valence-corrected chi connectivity index (χ2v) is 7.93. The van der Waals surface area contributed by atoms with Crippen LogP contribution in [0.5, 0.6) is 11.5 Å². The molecule has 7 nitrogen and oxygen atoms in total. The summed E-state index contributed by atoms with van der Waals surface area (Å²) in [7, 11) is 0. The van der Waals surface area contributed by atoms with Crippen molar-refractivity contribution in [3.05, 3.63) is 77.5 Å². The molecule has 0 spiro atoms. The molecule has 1 aliphatic heterocycles. The van der Waals surface area contributed by atoms with E-state index in [-0.39, 0.29) is 17.3 Å². The third-order valence-electron chi connectivity index (χ3n) is 5.49. The zero-order chi connectivity index (χ0) is 24.8. The van der Waals surface area contributed by atoms with Crippen molar-refractivity contribution >= 4 is 12.2 Å². The lowest BCUT2D eigenvalue weighted by atomic mass is 10.1. The number of ether oxygens (including phenoxy) is 1. The highest BCUT2D eigenvalue weighted by molar-refractivity contribution is 5.80. The van der Waals surface area contributed by atoms with Gasteiger partial charge in [-0.3, -0.25) is 4.98 Å². The van der Waals surface area contributed by atoms with Gasteiger partial charge in [-0.1, -0.05) is 6.07 Å². The highest BCUT2D eigenvalue weighted by atomic mass is 19.4. The molecular weight excluding hydrogens is 459 g/mol. The molecule has 0 unspecified atom stereocenters. The summed E-state index contributed by atoms with van der Waals surface area (Å²) in [6.45, 7) is 3.26. The Hall–Kier alpha value is -3.92. The van der Waals surface area contributed by atoms with Gasteiger partial charge in [0, 0.05) is 50.1 Å². The van der Waals surface area contributed by atoms with Crippen molar-refractivity contribution in [3.8, 4) is 22.8 Å². The fourth-order valence-electron chi connectivity index (χ4n) is 3.71. The first kappa shape index (κ1) is 24.2. The number of benzene rings is 2. The number of halogens is 3. The van der Waals surface area contributed by atoms with Crippen molar-refractivity contribution in [3.63, 3.8) is 0 Å². The van der Waals surface area contributed by atoms with E-state index in [1.165, 1.54) is 12.1 Å². The number of urea groups is 1. The van der Waals surface area contributed by atoms with Gasteiger partial charge in [-0.2, -0.15) is 13.2 Å². The van der Waals surface area contributed by atoms with Gasteiger partial charge in [0.15, 0.2) is 0 Å². The number of hydrogen-bond donors (Lipinski definition) is 3. The van der Waals surface area contributed by atoms with Crippen LogP contribution < -0.4 is 15.4 Å². The third kappa shape index (κ3) is 6.15. The predicted octanol–water partition coefficient (Wildman–Crippen LogP) is 4.67. The Morgan fingerprint density at radius 1 is 1.11 bits per heavy atom. The lowest BCUT2D eigenvalue weighted by molar-refractivity contribution is -0.137. The minimum Gasteiger partial charge on any atom is -0.457 e. The Labute approximate surface area is 200 Å². The molecule has 0 aliphatic carbocycles. The van der Waals surface area contributed by atoms with Crippen molar-refractivity contribution in [2.24, 2.45) is 0 Å². The van der Waals surface area contributed by atoms with Gasteiger partial charge in [0.1, 0.15) is 11.5 Å². The number of rotatable bonds is 9. The van der Waals surface area contributed by atoms with E-state index >= 15 is 0 Å². The summed E-state index contributed by atoms with van der Waals surface area (Å²) in [5.41, 5.74) is 1.36. The maximum atomic E-state index is 13.0. The molecule has 2 aromatic carbocycles. The average Bonchev–Trinajstić information content (AvgIpc) is 3.26. The van der Waals surface area contributed by atoms with Crippen LogP contribution in [0.1, 0.15) is 16.8 Å². The van der Waals surface area contributed by atoms with E-state index in [2.05, 4.69) is 15.6 Å². The van der Waals surface area contributed by atoms with E-state index in [4.69, 9.17) is 10.1 Å². The van der Waals surface area contributed by atoms with Crippen LogP contribution in [0.2, 0.25) is 0 Å². The molecule has 3 N–H and O–H groups in total. The molecule has 3 aromatic rings. The molecule has 35 heavy (non-hydrogen) atoms. The maximum Gasteiger partial charge on any atom is 0.417 e. The Bertz CT molecular complexity index is 1200. The van der Waals surface area contributed by atoms with Gasteiger partial charge in [-0.25, -0.2) is 4.79 Å². The lowest BCUT2D eigenvalue weighted by Crippen LogP contribution is -2.34. The zero-order valence-corrected chi connectivity index (χ0v) is 18.7. The number of carbonyl (C=O) groups excluding carboxylic acids is 1. The summed E-state index contributed by atoms with van der Waals surface area (Å²) in [6, 6.07) is 16.1. The molecule has 1 aliphatic rings. The van der Waals surface area contributed by atoms with E-state index in [9.17, 15) is 18.0 Å². The number of carbonyl (C=O) groups is 1. The Morgan fingerprint density at radius 3 is 2.57 bits per heavy atom. The van der Waals surface area contributed by atoms with Crippen LogP contribution in [0, 0.1) is 5.41 Å². The van der Waals surface area contributed by atoms with Crippen molar-refractivity contribution in [1.29, 1.82) is 5.41 Å². The molecule has 0 radical (unpaired) electrons. The first-order valence-corrected chi connectivity index (χ1v) is 11.0.